The summed E-state index contributed by atoms with van der Waals surface area (Å²) in [6, 6.07) is 0. The Kier molecular flexibility index (Phi) is 3.62. The molecule has 0 aromatic carbocycles. The molecule has 4 nitrogen and oxygen atoms in total. The monoisotopic (exact) mass is 226 g/mol. The standard InChI is InChI=1S/C12H22N2O2/c1-11(15)9-13-5-7-14(8-6-13)10-12(16-2)3-4-12/h3-10H2,1-2H3. The maximum absolute atomic E-state index is 11.0. The molecule has 4 heteroatoms. The van der Waals surface area contributed by atoms with Gasteiger partial charge in [0.15, 0.2) is 0 Å². The first-order valence-electron chi connectivity index (χ1n) is 6.13. The number of Topliss-reactive ketones (excluding diaryl/α,β-unsaturated/α-hetero) is 1. The van der Waals surface area contributed by atoms with Crippen molar-refractivity contribution in [1.29, 1.82) is 0 Å². The molecule has 2 aliphatic rings. The number of hydrogen-bond acceptors (Lipinski definition) is 4. The van der Waals surface area contributed by atoms with Gasteiger partial charge in [-0.25, -0.2) is 0 Å². The lowest BCUT2D eigenvalue weighted by Gasteiger charge is -2.35. The van der Waals surface area contributed by atoms with Gasteiger partial charge in [0.1, 0.15) is 5.78 Å². The minimum Gasteiger partial charge on any atom is -0.377 e. The Morgan fingerprint density at radius 3 is 2.19 bits per heavy atom. The topological polar surface area (TPSA) is 32.8 Å². The molecular weight excluding hydrogens is 204 g/mol. The molecule has 0 amide bonds. The zero-order valence-corrected chi connectivity index (χ0v) is 10.4. The third kappa shape index (κ3) is 3.03. The van der Waals surface area contributed by atoms with Crippen LogP contribution in [-0.2, 0) is 9.53 Å². The number of carbonyl (C=O) groups is 1. The molecule has 2 rings (SSSR count). The number of hydrogen-bond donors (Lipinski definition) is 0. The van der Waals surface area contributed by atoms with E-state index in [-0.39, 0.29) is 11.4 Å². The summed E-state index contributed by atoms with van der Waals surface area (Å²) in [4.78, 5) is 15.7. The lowest BCUT2D eigenvalue weighted by molar-refractivity contribution is -0.118. The molecule has 1 aliphatic heterocycles. The summed E-state index contributed by atoms with van der Waals surface area (Å²) >= 11 is 0. The molecule has 1 saturated carbocycles. The third-order valence-electron chi connectivity index (χ3n) is 3.66. The van der Waals surface area contributed by atoms with Crippen molar-refractivity contribution in [2.24, 2.45) is 0 Å². The minimum absolute atomic E-state index is 0.169. The van der Waals surface area contributed by atoms with Crippen molar-refractivity contribution in [2.75, 3.05) is 46.4 Å². The van der Waals surface area contributed by atoms with Crippen LogP contribution in [-0.4, -0.2) is 67.6 Å². The van der Waals surface area contributed by atoms with E-state index in [0.717, 1.165) is 32.7 Å². The summed E-state index contributed by atoms with van der Waals surface area (Å²) in [6.07, 6.45) is 2.41. The molecule has 0 N–H and O–H groups in total. The van der Waals surface area contributed by atoms with Crippen LogP contribution in [0.4, 0.5) is 0 Å². The van der Waals surface area contributed by atoms with E-state index >= 15 is 0 Å². The predicted octanol–water partition coefficient (Wildman–Crippen LogP) is 0.372. The van der Waals surface area contributed by atoms with Crippen LogP contribution in [0, 0.1) is 0 Å². The van der Waals surface area contributed by atoms with E-state index in [1.807, 2.05) is 7.11 Å². The van der Waals surface area contributed by atoms with Crippen LogP contribution >= 0.6 is 0 Å². The molecule has 0 radical (unpaired) electrons. The van der Waals surface area contributed by atoms with Crippen LogP contribution in [0.2, 0.25) is 0 Å². The van der Waals surface area contributed by atoms with Gasteiger partial charge in [-0.05, 0) is 19.8 Å². The molecule has 2 fully saturated rings. The number of carbonyl (C=O) groups excluding carboxylic acids is 1. The number of nitrogens with zero attached hydrogens (tertiary/aromatic N) is 2. The Hall–Kier alpha value is -0.450. The van der Waals surface area contributed by atoms with Crippen molar-refractivity contribution in [2.45, 2.75) is 25.4 Å². The van der Waals surface area contributed by atoms with Gasteiger partial charge in [0.25, 0.3) is 0 Å². The number of methoxy groups -OCH3 is 1. The number of piperazine rings is 1. The third-order valence-corrected chi connectivity index (χ3v) is 3.66. The average molecular weight is 226 g/mol. The van der Waals surface area contributed by atoms with E-state index in [4.69, 9.17) is 4.74 Å². The first kappa shape index (κ1) is 12.0. The maximum Gasteiger partial charge on any atom is 0.143 e. The van der Waals surface area contributed by atoms with Crippen LogP contribution in [0.25, 0.3) is 0 Å². The highest BCUT2D eigenvalue weighted by molar-refractivity contribution is 5.77. The summed E-state index contributed by atoms with van der Waals surface area (Å²) < 4.78 is 5.53. The van der Waals surface area contributed by atoms with Crippen LogP contribution in [0.3, 0.4) is 0 Å². The lowest BCUT2D eigenvalue weighted by Crippen LogP contribution is -2.50. The lowest BCUT2D eigenvalue weighted by atomic mass is 10.2. The molecule has 1 aliphatic carbocycles. The van der Waals surface area contributed by atoms with Crippen molar-refractivity contribution in [1.82, 2.24) is 9.80 Å². The van der Waals surface area contributed by atoms with Crippen molar-refractivity contribution >= 4 is 5.78 Å². The number of rotatable bonds is 5. The highest BCUT2D eigenvalue weighted by Crippen LogP contribution is 2.39. The van der Waals surface area contributed by atoms with Crippen molar-refractivity contribution in [3.8, 4) is 0 Å². The summed E-state index contributed by atoms with van der Waals surface area (Å²) in [5.74, 6) is 0.268. The van der Waals surface area contributed by atoms with E-state index < -0.39 is 0 Å². The molecular formula is C12H22N2O2. The first-order chi connectivity index (χ1) is 7.63. The van der Waals surface area contributed by atoms with Gasteiger partial charge in [0.2, 0.25) is 0 Å². The molecule has 0 aromatic rings. The zero-order valence-electron chi connectivity index (χ0n) is 10.4. The van der Waals surface area contributed by atoms with Crippen molar-refractivity contribution in [3.05, 3.63) is 0 Å². The summed E-state index contributed by atoms with van der Waals surface area (Å²) in [5, 5.41) is 0. The highest BCUT2D eigenvalue weighted by atomic mass is 16.5. The van der Waals surface area contributed by atoms with Crippen LogP contribution in [0.1, 0.15) is 19.8 Å². The first-order valence-corrected chi connectivity index (χ1v) is 6.13. The van der Waals surface area contributed by atoms with Gasteiger partial charge >= 0.3 is 0 Å². The Morgan fingerprint density at radius 2 is 1.75 bits per heavy atom. The van der Waals surface area contributed by atoms with Crippen LogP contribution in [0.15, 0.2) is 0 Å². The largest absolute Gasteiger partial charge is 0.377 e. The molecule has 1 heterocycles. The molecule has 0 atom stereocenters. The predicted molar refractivity (Wildman–Crippen MR) is 62.5 cm³/mol. The molecule has 0 unspecified atom stereocenters. The van der Waals surface area contributed by atoms with Gasteiger partial charge in [0.05, 0.1) is 12.1 Å². The average Bonchev–Trinajstić information content (AvgIpc) is 3.01. The maximum atomic E-state index is 11.0. The molecule has 0 bridgehead atoms. The zero-order chi connectivity index (χ0) is 11.6. The van der Waals surface area contributed by atoms with Gasteiger partial charge in [-0.15, -0.1) is 0 Å². The molecule has 16 heavy (non-hydrogen) atoms. The second-order valence-corrected chi connectivity index (χ2v) is 5.14. The van der Waals surface area contributed by atoms with E-state index in [1.54, 1.807) is 6.92 Å². The second-order valence-electron chi connectivity index (χ2n) is 5.14. The van der Waals surface area contributed by atoms with Gasteiger partial charge in [-0.3, -0.25) is 14.6 Å². The quantitative estimate of drug-likeness (QED) is 0.678. The number of ketones is 1. The minimum atomic E-state index is 0.169. The Bertz CT molecular complexity index is 256. The van der Waals surface area contributed by atoms with Gasteiger partial charge < -0.3 is 4.74 Å². The van der Waals surface area contributed by atoms with E-state index in [0.29, 0.717) is 6.54 Å². The second kappa shape index (κ2) is 4.82. The Balaban J connectivity index is 1.71. The fourth-order valence-electron chi connectivity index (χ4n) is 2.39. The van der Waals surface area contributed by atoms with Crippen LogP contribution in [0.5, 0.6) is 0 Å². The van der Waals surface area contributed by atoms with Gasteiger partial charge in [-0.1, -0.05) is 0 Å². The molecule has 92 valence electrons. The van der Waals surface area contributed by atoms with E-state index in [1.165, 1.54) is 12.8 Å². The summed E-state index contributed by atoms with van der Waals surface area (Å²) in [7, 11) is 1.82. The SMILES string of the molecule is COC1(CN2CCN(CC(C)=O)CC2)CC1. The molecule has 1 saturated heterocycles. The van der Waals surface area contributed by atoms with Crippen molar-refractivity contribution in [3.63, 3.8) is 0 Å². The number of ether oxygens (including phenoxy) is 1. The fourth-order valence-corrected chi connectivity index (χ4v) is 2.39. The van der Waals surface area contributed by atoms with E-state index in [2.05, 4.69) is 9.80 Å². The Labute approximate surface area is 97.5 Å². The fraction of sp³-hybridized carbons (Fsp3) is 0.917. The van der Waals surface area contributed by atoms with Gasteiger partial charge in [0, 0.05) is 39.8 Å². The summed E-state index contributed by atoms with van der Waals surface area (Å²) in [6.45, 7) is 7.51. The smallest absolute Gasteiger partial charge is 0.143 e. The highest BCUT2D eigenvalue weighted by Gasteiger charge is 2.44. The Morgan fingerprint density at radius 1 is 1.19 bits per heavy atom. The van der Waals surface area contributed by atoms with Crippen LogP contribution < -0.4 is 0 Å². The summed E-state index contributed by atoms with van der Waals surface area (Å²) in [5.41, 5.74) is 0.169. The van der Waals surface area contributed by atoms with E-state index in [9.17, 15) is 4.79 Å². The van der Waals surface area contributed by atoms with Gasteiger partial charge in [-0.2, -0.15) is 0 Å². The molecule has 0 spiro atoms. The molecule has 0 aromatic heterocycles. The normalized spacial score (nSPS) is 25.6. The van der Waals surface area contributed by atoms with Crippen molar-refractivity contribution < 1.29 is 9.53 Å².